The van der Waals surface area contributed by atoms with E-state index in [0.29, 0.717) is 17.8 Å². The first kappa shape index (κ1) is 23.5. The van der Waals surface area contributed by atoms with Crippen LogP contribution < -0.4 is 5.73 Å². The Kier molecular flexibility index (Phi) is 7.58. The van der Waals surface area contributed by atoms with Crippen LogP contribution in [0.25, 0.3) is 0 Å². The SMILES string of the molecule is Cc1c(Cc2ccc(S(=O)(=O)N(C)C)c(Cl)c2)c(C(C)O)nn1CC(F)=CCN. The number of aliphatic hydroxyl groups is 1. The van der Waals surface area contributed by atoms with Crippen molar-refractivity contribution in [2.45, 2.75) is 37.8 Å². The van der Waals surface area contributed by atoms with Crippen molar-refractivity contribution in [3.8, 4) is 0 Å². The Morgan fingerprint density at radius 3 is 2.62 bits per heavy atom. The van der Waals surface area contributed by atoms with Crippen LogP contribution in [0.3, 0.4) is 0 Å². The number of hydrogen-bond acceptors (Lipinski definition) is 5. The Morgan fingerprint density at radius 1 is 1.45 bits per heavy atom. The van der Waals surface area contributed by atoms with E-state index >= 15 is 0 Å². The van der Waals surface area contributed by atoms with Crippen molar-refractivity contribution in [1.29, 1.82) is 0 Å². The van der Waals surface area contributed by atoms with E-state index in [9.17, 15) is 17.9 Å². The average molecular weight is 445 g/mol. The lowest BCUT2D eigenvalue weighted by Crippen LogP contribution is -2.22. The van der Waals surface area contributed by atoms with Crippen molar-refractivity contribution in [3.05, 3.63) is 57.6 Å². The smallest absolute Gasteiger partial charge is 0.244 e. The molecule has 0 saturated heterocycles. The zero-order chi connectivity index (χ0) is 21.9. The predicted octanol–water partition coefficient (Wildman–Crippen LogP) is 2.55. The van der Waals surface area contributed by atoms with Crippen LogP contribution in [0.2, 0.25) is 5.02 Å². The zero-order valence-electron chi connectivity index (χ0n) is 16.9. The van der Waals surface area contributed by atoms with Gasteiger partial charge in [0.05, 0.1) is 23.4 Å². The third-order valence-corrected chi connectivity index (χ3v) is 6.83. The molecule has 1 atom stereocenters. The van der Waals surface area contributed by atoms with Crippen LogP contribution in [0.1, 0.15) is 35.5 Å². The van der Waals surface area contributed by atoms with Gasteiger partial charge in [-0.05, 0) is 37.6 Å². The highest BCUT2D eigenvalue weighted by Gasteiger charge is 2.23. The summed E-state index contributed by atoms with van der Waals surface area (Å²) in [5, 5.41) is 14.6. The Labute approximate surface area is 175 Å². The molecule has 1 unspecified atom stereocenters. The molecular formula is C19H26ClFN4O3S. The summed E-state index contributed by atoms with van der Waals surface area (Å²) in [7, 11) is -0.785. The number of aliphatic hydroxyl groups excluding tert-OH is 1. The second-order valence-corrected chi connectivity index (χ2v) is 9.43. The summed E-state index contributed by atoms with van der Waals surface area (Å²) >= 11 is 6.23. The minimum absolute atomic E-state index is 0.0186. The predicted molar refractivity (Wildman–Crippen MR) is 111 cm³/mol. The van der Waals surface area contributed by atoms with Crippen molar-refractivity contribution < 1.29 is 17.9 Å². The third kappa shape index (κ3) is 5.23. The van der Waals surface area contributed by atoms with E-state index in [1.54, 1.807) is 26.0 Å². The molecule has 0 aliphatic heterocycles. The molecule has 0 fully saturated rings. The molecule has 0 radical (unpaired) electrons. The lowest BCUT2D eigenvalue weighted by Gasteiger charge is -2.14. The van der Waals surface area contributed by atoms with Gasteiger partial charge in [0.2, 0.25) is 10.0 Å². The van der Waals surface area contributed by atoms with Crippen LogP contribution in [0.5, 0.6) is 0 Å². The second-order valence-electron chi connectivity index (χ2n) is 6.90. The van der Waals surface area contributed by atoms with E-state index in [0.717, 1.165) is 15.4 Å². The summed E-state index contributed by atoms with van der Waals surface area (Å²) < 4.78 is 41.1. The monoisotopic (exact) mass is 444 g/mol. The summed E-state index contributed by atoms with van der Waals surface area (Å²) in [5.74, 6) is -0.414. The molecule has 0 spiro atoms. The van der Waals surface area contributed by atoms with Gasteiger partial charge < -0.3 is 10.8 Å². The standard InChI is InChI=1S/C19H26ClFN4O3S/c1-12-16(19(13(2)26)23-25(12)11-15(21)7-8-22)9-14-5-6-18(17(20)10-14)29(27,28)24(3)4/h5-7,10,13,26H,8-9,11,22H2,1-4H3. The van der Waals surface area contributed by atoms with Crippen LogP contribution in [-0.4, -0.2) is 48.3 Å². The van der Waals surface area contributed by atoms with Gasteiger partial charge in [-0.25, -0.2) is 17.1 Å². The fourth-order valence-corrected chi connectivity index (χ4v) is 4.35. The largest absolute Gasteiger partial charge is 0.387 e. The molecule has 160 valence electrons. The molecule has 3 N–H and O–H groups in total. The molecule has 0 aliphatic rings. The summed E-state index contributed by atoms with van der Waals surface area (Å²) in [4.78, 5) is 0.0186. The quantitative estimate of drug-likeness (QED) is 0.651. The lowest BCUT2D eigenvalue weighted by molar-refractivity contribution is 0.192. The summed E-state index contributed by atoms with van der Waals surface area (Å²) in [6, 6.07) is 4.70. The fourth-order valence-electron chi connectivity index (χ4n) is 2.91. The number of hydrogen-bond donors (Lipinski definition) is 2. The van der Waals surface area contributed by atoms with Crippen molar-refractivity contribution in [1.82, 2.24) is 14.1 Å². The number of nitrogens with two attached hydrogens (primary N) is 1. The molecule has 10 heteroatoms. The van der Waals surface area contributed by atoms with Gasteiger partial charge in [0.25, 0.3) is 0 Å². The van der Waals surface area contributed by atoms with Crippen LogP contribution in [0.15, 0.2) is 35.0 Å². The van der Waals surface area contributed by atoms with Gasteiger partial charge in [-0.1, -0.05) is 17.7 Å². The van der Waals surface area contributed by atoms with E-state index in [1.165, 1.54) is 30.9 Å². The van der Waals surface area contributed by atoms with Crippen molar-refractivity contribution >= 4 is 21.6 Å². The van der Waals surface area contributed by atoms with E-state index in [2.05, 4.69) is 5.10 Å². The van der Waals surface area contributed by atoms with Crippen molar-refractivity contribution in [2.24, 2.45) is 5.73 Å². The first-order chi connectivity index (χ1) is 13.5. The molecule has 0 saturated carbocycles. The molecule has 29 heavy (non-hydrogen) atoms. The molecule has 1 aromatic carbocycles. The fraction of sp³-hybridized carbons (Fsp3) is 0.421. The van der Waals surface area contributed by atoms with E-state index in [1.807, 2.05) is 0 Å². The first-order valence-corrected chi connectivity index (χ1v) is 10.8. The highest BCUT2D eigenvalue weighted by Crippen LogP contribution is 2.28. The maximum atomic E-state index is 13.9. The maximum Gasteiger partial charge on any atom is 0.244 e. The Morgan fingerprint density at radius 2 is 2.10 bits per heavy atom. The van der Waals surface area contributed by atoms with Gasteiger partial charge >= 0.3 is 0 Å². The van der Waals surface area contributed by atoms with E-state index in [4.69, 9.17) is 17.3 Å². The number of halogens is 2. The third-order valence-electron chi connectivity index (χ3n) is 4.53. The van der Waals surface area contributed by atoms with Crippen molar-refractivity contribution in [3.63, 3.8) is 0 Å². The lowest BCUT2D eigenvalue weighted by atomic mass is 10.0. The van der Waals surface area contributed by atoms with E-state index in [-0.39, 0.29) is 23.0 Å². The number of benzene rings is 1. The minimum atomic E-state index is -3.66. The van der Waals surface area contributed by atoms with Gasteiger partial charge in [-0.2, -0.15) is 5.10 Å². The van der Waals surface area contributed by atoms with Gasteiger partial charge in [-0.3, -0.25) is 4.68 Å². The normalized spacial score (nSPS) is 13.9. The Bertz CT molecular complexity index is 1020. The number of rotatable bonds is 8. The van der Waals surface area contributed by atoms with Gasteiger partial charge in [0, 0.05) is 38.3 Å². The maximum absolute atomic E-state index is 13.9. The highest BCUT2D eigenvalue weighted by atomic mass is 35.5. The van der Waals surface area contributed by atoms with Crippen LogP contribution >= 0.6 is 11.6 Å². The van der Waals surface area contributed by atoms with Crippen LogP contribution in [0, 0.1) is 6.92 Å². The number of aromatic nitrogens is 2. The van der Waals surface area contributed by atoms with Crippen LogP contribution in [0.4, 0.5) is 4.39 Å². The van der Waals surface area contributed by atoms with Gasteiger partial charge in [0.15, 0.2) is 0 Å². The summed E-state index contributed by atoms with van der Waals surface area (Å²) in [6.45, 7) is 3.38. The zero-order valence-corrected chi connectivity index (χ0v) is 18.4. The molecule has 1 heterocycles. The highest BCUT2D eigenvalue weighted by molar-refractivity contribution is 7.89. The van der Waals surface area contributed by atoms with Crippen molar-refractivity contribution in [2.75, 3.05) is 20.6 Å². The molecular weight excluding hydrogens is 419 g/mol. The minimum Gasteiger partial charge on any atom is -0.387 e. The number of sulfonamides is 1. The Balaban J connectivity index is 2.42. The molecule has 0 aliphatic carbocycles. The molecule has 0 amide bonds. The number of allylic oxidation sites excluding steroid dienone is 1. The topological polar surface area (TPSA) is 101 Å². The first-order valence-electron chi connectivity index (χ1n) is 8.98. The summed E-state index contributed by atoms with van der Waals surface area (Å²) in [5.41, 5.74) is 7.95. The molecule has 2 aromatic rings. The average Bonchev–Trinajstić information content (AvgIpc) is 2.91. The number of nitrogens with zero attached hydrogens (tertiary/aromatic N) is 3. The van der Waals surface area contributed by atoms with E-state index < -0.39 is 22.0 Å². The van der Waals surface area contributed by atoms with Gasteiger partial charge in [-0.15, -0.1) is 0 Å². The molecule has 7 nitrogen and oxygen atoms in total. The summed E-state index contributed by atoms with van der Waals surface area (Å²) in [6.07, 6.45) is 0.776. The Hall–Kier alpha value is -1.78. The molecule has 0 bridgehead atoms. The van der Waals surface area contributed by atoms with Crippen LogP contribution in [-0.2, 0) is 23.0 Å². The molecule has 2 rings (SSSR count). The van der Waals surface area contributed by atoms with Gasteiger partial charge in [0.1, 0.15) is 10.7 Å². The molecule has 1 aromatic heterocycles. The second kappa shape index (κ2) is 9.36.